The minimum absolute atomic E-state index is 0.0231. The van der Waals surface area contributed by atoms with E-state index in [4.69, 9.17) is 18.5 Å². The second kappa shape index (κ2) is 26.8. The van der Waals surface area contributed by atoms with Crippen molar-refractivity contribution in [1.29, 1.82) is 0 Å². The Bertz CT molecular complexity index is 743. The van der Waals surface area contributed by atoms with Gasteiger partial charge in [-0.3, -0.25) is 9.05 Å². The first-order valence-electron chi connectivity index (χ1n) is 19.1. The van der Waals surface area contributed by atoms with Crippen LogP contribution < -0.4 is 0 Å². The molecule has 6 unspecified atom stereocenters. The van der Waals surface area contributed by atoms with E-state index in [9.17, 15) is 9.46 Å². The van der Waals surface area contributed by atoms with Gasteiger partial charge in [0.15, 0.2) is 0 Å². The Morgan fingerprint density at radius 1 is 0.543 bits per heavy atom. The number of hydrogen-bond acceptors (Lipinski definition) is 5. The molecule has 0 aromatic carbocycles. The highest BCUT2D eigenvalue weighted by Gasteiger charge is 2.25. The van der Waals surface area contributed by atoms with E-state index in [-0.39, 0.29) is 13.2 Å². The summed E-state index contributed by atoms with van der Waals surface area (Å²) < 4.78 is 36.0. The average Bonchev–Trinajstić information content (AvgIpc) is 2.92. The fraction of sp³-hybridized carbons (Fsp3) is 1.00. The molecule has 0 radical (unpaired) electrons. The van der Waals surface area contributed by atoms with Crippen molar-refractivity contribution in [2.24, 2.45) is 35.5 Å². The van der Waals surface area contributed by atoms with Crippen LogP contribution in [0.3, 0.4) is 0 Å². The highest BCUT2D eigenvalue weighted by atomic mass is 31.2. The lowest BCUT2D eigenvalue weighted by molar-refractivity contribution is -0.870. The normalized spacial score (nSPS) is 17.3. The van der Waals surface area contributed by atoms with E-state index in [0.717, 1.165) is 36.5 Å². The van der Waals surface area contributed by atoms with Crippen molar-refractivity contribution in [3.05, 3.63) is 0 Å². The first kappa shape index (κ1) is 46.0. The molecule has 278 valence electrons. The van der Waals surface area contributed by atoms with Crippen molar-refractivity contribution in [1.82, 2.24) is 0 Å². The van der Waals surface area contributed by atoms with Crippen molar-refractivity contribution in [3.63, 3.8) is 0 Å². The number of hydrogen-bond donors (Lipinski definition) is 1. The molecule has 0 aliphatic rings. The van der Waals surface area contributed by atoms with E-state index in [1.165, 1.54) is 77.0 Å². The molecule has 8 heteroatoms. The summed E-state index contributed by atoms with van der Waals surface area (Å²) in [5, 5.41) is 0. The molecule has 6 atom stereocenters. The minimum Gasteiger partial charge on any atom is -0.379 e. The molecule has 0 fully saturated rings. The lowest BCUT2D eigenvalue weighted by Crippen LogP contribution is -2.37. The maximum absolute atomic E-state index is 12.5. The predicted octanol–water partition coefficient (Wildman–Crippen LogP) is 10.5. The molecule has 0 heterocycles. The Morgan fingerprint density at radius 3 is 1.39 bits per heavy atom. The summed E-state index contributed by atoms with van der Waals surface area (Å²) in [5.74, 6) is 4.40. The van der Waals surface area contributed by atoms with Crippen LogP contribution in [0.2, 0.25) is 0 Å². The van der Waals surface area contributed by atoms with Crippen LogP contribution in [0.5, 0.6) is 0 Å². The molecule has 46 heavy (non-hydrogen) atoms. The molecule has 1 N–H and O–H groups in total. The summed E-state index contributed by atoms with van der Waals surface area (Å²) in [5.41, 5.74) is 0. The van der Waals surface area contributed by atoms with E-state index in [1.807, 2.05) is 21.1 Å². The third-order valence-corrected chi connectivity index (χ3v) is 10.2. The molecular formula is C38H81NO6P+. The second-order valence-corrected chi connectivity index (χ2v) is 18.1. The summed E-state index contributed by atoms with van der Waals surface area (Å²) in [4.78, 5) is 10.2. The van der Waals surface area contributed by atoms with Gasteiger partial charge in [-0.2, -0.15) is 0 Å². The number of quaternary nitrogens is 1. The Morgan fingerprint density at radius 2 is 0.957 bits per heavy atom. The standard InChI is InChI=1S/C38H80NO6P/c1-32(2)16-12-18-34(5)20-14-22-36(7)24-27-42-30-38(31-45-46(40,41)44-29-26-39(9,10)11)43-28-25-37(8)23-15-21-35(6)19-13-17-33(3)4/h32-38H,12-31H2,1-11H3/p+1. The molecule has 0 spiro atoms. The van der Waals surface area contributed by atoms with E-state index < -0.39 is 13.9 Å². The highest BCUT2D eigenvalue weighted by Crippen LogP contribution is 2.43. The van der Waals surface area contributed by atoms with Crippen LogP contribution in [0.4, 0.5) is 0 Å². The van der Waals surface area contributed by atoms with Crippen molar-refractivity contribution < 1.29 is 32.5 Å². The molecule has 7 nitrogen and oxygen atoms in total. The Labute approximate surface area is 287 Å². The summed E-state index contributed by atoms with van der Waals surface area (Å²) in [6.07, 6.45) is 17.2. The van der Waals surface area contributed by atoms with E-state index in [1.54, 1.807) is 0 Å². The van der Waals surface area contributed by atoms with Crippen LogP contribution in [0.15, 0.2) is 0 Å². The maximum atomic E-state index is 12.5. The number of ether oxygens (including phenoxy) is 2. The highest BCUT2D eigenvalue weighted by molar-refractivity contribution is 7.47. The van der Waals surface area contributed by atoms with Crippen LogP contribution in [-0.4, -0.2) is 76.2 Å². The predicted molar refractivity (Wildman–Crippen MR) is 196 cm³/mol. The van der Waals surface area contributed by atoms with Gasteiger partial charge in [0.1, 0.15) is 19.3 Å². The SMILES string of the molecule is CC(C)CCCC(C)CCCC(C)CCOCC(COP(=O)(O)OCC[N+](C)(C)C)OCCC(C)CCCC(C)CCCC(C)C. The molecule has 0 saturated carbocycles. The van der Waals surface area contributed by atoms with Crippen molar-refractivity contribution >= 4 is 7.82 Å². The largest absolute Gasteiger partial charge is 0.472 e. The monoisotopic (exact) mass is 679 g/mol. The van der Waals surface area contributed by atoms with Gasteiger partial charge in [0.2, 0.25) is 0 Å². The molecule has 0 bridgehead atoms. The molecule has 0 aliphatic heterocycles. The number of phosphoric acid groups is 1. The maximum Gasteiger partial charge on any atom is 0.472 e. The van der Waals surface area contributed by atoms with Gasteiger partial charge in [-0.05, 0) is 48.3 Å². The Kier molecular flexibility index (Phi) is 26.8. The quantitative estimate of drug-likeness (QED) is 0.0434. The van der Waals surface area contributed by atoms with Crippen LogP contribution >= 0.6 is 7.82 Å². The molecule has 0 aliphatic carbocycles. The third kappa shape index (κ3) is 31.3. The molecule has 0 aromatic heterocycles. The summed E-state index contributed by atoms with van der Waals surface area (Å²) in [6, 6.07) is 0. The fourth-order valence-corrected chi connectivity index (χ4v) is 6.42. The van der Waals surface area contributed by atoms with E-state index >= 15 is 0 Å². The molecular weight excluding hydrogens is 597 g/mol. The second-order valence-electron chi connectivity index (χ2n) is 16.7. The first-order chi connectivity index (χ1) is 21.5. The Hall–Kier alpha value is -0.0100. The van der Waals surface area contributed by atoms with Crippen molar-refractivity contribution in [2.75, 3.05) is 60.7 Å². The zero-order valence-electron chi connectivity index (χ0n) is 32.6. The zero-order chi connectivity index (χ0) is 35.0. The summed E-state index contributed by atoms with van der Waals surface area (Å²) >= 11 is 0. The van der Waals surface area contributed by atoms with Gasteiger partial charge in [-0.1, -0.05) is 132 Å². The minimum atomic E-state index is -4.16. The van der Waals surface area contributed by atoms with Crippen molar-refractivity contribution in [2.45, 2.75) is 151 Å². The van der Waals surface area contributed by atoms with Crippen LogP contribution in [0.25, 0.3) is 0 Å². The number of likely N-dealkylation sites (N-methyl/N-ethyl adjacent to an activating group) is 1. The smallest absolute Gasteiger partial charge is 0.379 e. The van der Waals surface area contributed by atoms with Gasteiger partial charge in [-0.25, -0.2) is 4.57 Å². The zero-order valence-corrected chi connectivity index (χ0v) is 33.5. The first-order valence-corrected chi connectivity index (χ1v) is 20.6. The third-order valence-electron chi connectivity index (χ3n) is 9.21. The van der Waals surface area contributed by atoms with Crippen LogP contribution in [-0.2, 0) is 23.1 Å². The van der Waals surface area contributed by atoms with Crippen molar-refractivity contribution in [3.8, 4) is 0 Å². The average molecular weight is 679 g/mol. The Balaban J connectivity index is 4.57. The number of nitrogens with zero attached hydrogens (tertiary/aromatic N) is 1. The molecule has 0 amide bonds. The van der Waals surface area contributed by atoms with E-state index in [2.05, 4.69) is 55.4 Å². The molecule has 0 saturated heterocycles. The lowest BCUT2D eigenvalue weighted by Gasteiger charge is -2.24. The fourth-order valence-electron chi connectivity index (χ4n) is 5.68. The number of phosphoric ester groups is 1. The van der Waals surface area contributed by atoms with Gasteiger partial charge in [0.05, 0.1) is 34.4 Å². The topological polar surface area (TPSA) is 74.2 Å². The summed E-state index contributed by atoms with van der Waals surface area (Å²) in [6.45, 7) is 21.0. The van der Waals surface area contributed by atoms with Crippen LogP contribution in [0, 0.1) is 35.5 Å². The number of rotatable bonds is 32. The van der Waals surface area contributed by atoms with Gasteiger partial charge in [0.25, 0.3) is 0 Å². The van der Waals surface area contributed by atoms with Gasteiger partial charge in [-0.15, -0.1) is 0 Å². The molecule has 0 aromatic rings. The van der Waals surface area contributed by atoms with Gasteiger partial charge >= 0.3 is 7.82 Å². The van der Waals surface area contributed by atoms with Gasteiger partial charge in [0, 0.05) is 13.2 Å². The summed E-state index contributed by atoms with van der Waals surface area (Å²) in [7, 11) is 1.89. The van der Waals surface area contributed by atoms with Gasteiger partial charge < -0.3 is 18.9 Å². The van der Waals surface area contributed by atoms with E-state index in [0.29, 0.717) is 42.7 Å². The lowest BCUT2D eigenvalue weighted by atomic mass is 9.93. The molecule has 0 rings (SSSR count). The van der Waals surface area contributed by atoms with Crippen LogP contribution in [0.1, 0.15) is 145 Å².